The van der Waals surface area contributed by atoms with Gasteiger partial charge in [-0.15, -0.1) is 0 Å². The number of hydrogen-bond acceptors (Lipinski definition) is 2. The van der Waals surface area contributed by atoms with Crippen molar-refractivity contribution >= 4 is 22.6 Å². The molecule has 1 N–H and O–H groups in total. The third-order valence-electron chi connectivity index (χ3n) is 3.37. The van der Waals surface area contributed by atoms with Gasteiger partial charge in [0.1, 0.15) is 17.2 Å². The second kappa shape index (κ2) is 5.88. The maximum absolute atomic E-state index is 13.3. The number of benzene rings is 2. The number of rotatable bonds is 4. The minimum atomic E-state index is -0.266. The molecule has 0 bridgehead atoms. The quantitative estimate of drug-likeness (QED) is 0.739. The van der Waals surface area contributed by atoms with Crippen LogP contribution in [-0.4, -0.2) is 6.54 Å². The number of fused-ring (bicyclic) bond motifs is 1. The molecule has 0 aliphatic heterocycles. The van der Waals surface area contributed by atoms with Crippen LogP contribution in [0.25, 0.3) is 11.0 Å². The van der Waals surface area contributed by atoms with Gasteiger partial charge in [-0.25, -0.2) is 4.39 Å². The van der Waals surface area contributed by atoms with Crippen LogP contribution >= 0.6 is 11.6 Å². The summed E-state index contributed by atoms with van der Waals surface area (Å²) in [5, 5.41) is 4.81. The summed E-state index contributed by atoms with van der Waals surface area (Å²) < 4.78 is 19.2. The zero-order valence-corrected chi connectivity index (χ0v) is 12.3. The highest BCUT2D eigenvalue weighted by atomic mass is 35.5. The van der Waals surface area contributed by atoms with E-state index in [0.29, 0.717) is 10.6 Å². The van der Waals surface area contributed by atoms with Crippen LogP contribution in [0.1, 0.15) is 24.3 Å². The summed E-state index contributed by atoms with van der Waals surface area (Å²) >= 11 is 6.07. The van der Waals surface area contributed by atoms with Gasteiger partial charge in [-0.1, -0.05) is 30.7 Å². The number of halogens is 2. The first-order chi connectivity index (χ1) is 10.2. The molecule has 1 heterocycles. The zero-order valence-electron chi connectivity index (χ0n) is 11.6. The van der Waals surface area contributed by atoms with E-state index in [9.17, 15) is 4.39 Å². The second-order valence-corrected chi connectivity index (χ2v) is 5.31. The molecule has 0 saturated carbocycles. The molecule has 1 atom stereocenters. The molecule has 4 heteroatoms. The van der Waals surface area contributed by atoms with E-state index in [0.717, 1.165) is 23.3 Å². The highest BCUT2D eigenvalue weighted by Gasteiger charge is 2.18. The fraction of sp³-hybridized carbons (Fsp3) is 0.176. The molecule has 0 fully saturated rings. The molecular weight excluding hydrogens is 289 g/mol. The summed E-state index contributed by atoms with van der Waals surface area (Å²) in [6.07, 6.45) is 0. The van der Waals surface area contributed by atoms with Crippen LogP contribution in [0.4, 0.5) is 4.39 Å². The van der Waals surface area contributed by atoms with Crippen molar-refractivity contribution in [3.8, 4) is 0 Å². The lowest BCUT2D eigenvalue weighted by atomic mass is 10.0. The molecule has 3 aromatic rings. The van der Waals surface area contributed by atoms with E-state index in [-0.39, 0.29) is 11.9 Å². The summed E-state index contributed by atoms with van der Waals surface area (Å²) in [6.45, 7) is 2.81. The van der Waals surface area contributed by atoms with Crippen molar-refractivity contribution < 1.29 is 8.81 Å². The monoisotopic (exact) mass is 303 g/mol. The molecule has 1 unspecified atom stereocenters. The van der Waals surface area contributed by atoms with Crippen LogP contribution in [0.3, 0.4) is 0 Å². The average Bonchev–Trinajstić information content (AvgIpc) is 2.87. The summed E-state index contributed by atoms with van der Waals surface area (Å²) in [4.78, 5) is 0. The van der Waals surface area contributed by atoms with Crippen LogP contribution in [0.5, 0.6) is 0 Å². The Morgan fingerprint density at radius 2 is 2.05 bits per heavy atom. The smallest absolute Gasteiger partial charge is 0.134 e. The molecule has 0 spiro atoms. The molecular formula is C17H15ClFNO. The van der Waals surface area contributed by atoms with Gasteiger partial charge in [0.15, 0.2) is 0 Å². The van der Waals surface area contributed by atoms with Crippen molar-refractivity contribution in [2.24, 2.45) is 0 Å². The Morgan fingerprint density at radius 3 is 2.81 bits per heavy atom. The fourth-order valence-electron chi connectivity index (χ4n) is 2.45. The molecule has 0 radical (unpaired) electrons. The predicted molar refractivity (Wildman–Crippen MR) is 83.1 cm³/mol. The molecule has 1 aromatic heterocycles. The molecule has 2 nitrogen and oxygen atoms in total. The lowest BCUT2D eigenvalue weighted by Crippen LogP contribution is -2.21. The average molecular weight is 304 g/mol. The maximum atomic E-state index is 13.3. The Kier molecular flexibility index (Phi) is 3.95. The summed E-state index contributed by atoms with van der Waals surface area (Å²) in [6, 6.07) is 13.9. The number of nitrogens with one attached hydrogen (secondary N) is 1. The van der Waals surface area contributed by atoms with Gasteiger partial charge < -0.3 is 9.73 Å². The SMILES string of the molecule is CCNC(c1cccc(Cl)c1)c1cc2cc(F)ccc2o1. The Morgan fingerprint density at radius 1 is 1.19 bits per heavy atom. The molecule has 108 valence electrons. The molecule has 0 aliphatic rings. The predicted octanol–water partition coefficient (Wildman–Crippen LogP) is 4.92. The van der Waals surface area contributed by atoms with E-state index in [1.807, 2.05) is 37.3 Å². The van der Waals surface area contributed by atoms with Gasteiger partial charge in [0.05, 0.1) is 6.04 Å². The number of hydrogen-bond donors (Lipinski definition) is 1. The highest BCUT2D eigenvalue weighted by molar-refractivity contribution is 6.30. The van der Waals surface area contributed by atoms with Crippen molar-refractivity contribution in [2.75, 3.05) is 6.54 Å². The van der Waals surface area contributed by atoms with E-state index < -0.39 is 0 Å². The Hall–Kier alpha value is -1.84. The largest absolute Gasteiger partial charge is 0.459 e. The first-order valence-corrected chi connectivity index (χ1v) is 7.23. The Bertz CT molecular complexity index is 768. The van der Waals surface area contributed by atoms with Gasteiger partial charge in [-0.3, -0.25) is 0 Å². The van der Waals surface area contributed by atoms with E-state index in [1.165, 1.54) is 12.1 Å². The van der Waals surface area contributed by atoms with Gasteiger partial charge in [-0.2, -0.15) is 0 Å². The van der Waals surface area contributed by atoms with Gasteiger partial charge in [0, 0.05) is 10.4 Å². The lowest BCUT2D eigenvalue weighted by molar-refractivity contribution is 0.477. The highest BCUT2D eigenvalue weighted by Crippen LogP contribution is 2.29. The van der Waals surface area contributed by atoms with Crippen LogP contribution in [0, 0.1) is 5.82 Å². The van der Waals surface area contributed by atoms with Gasteiger partial charge >= 0.3 is 0 Å². The summed E-state index contributed by atoms with van der Waals surface area (Å²) in [7, 11) is 0. The molecule has 0 amide bonds. The van der Waals surface area contributed by atoms with Crippen molar-refractivity contribution in [2.45, 2.75) is 13.0 Å². The van der Waals surface area contributed by atoms with Crippen molar-refractivity contribution in [1.82, 2.24) is 5.32 Å². The third-order valence-corrected chi connectivity index (χ3v) is 3.61. The third kappa shape index (κ3) is 2.94. The Balaban J connectivity index is 2.06. The molecule has 3 rings (SSSR count). The van der Waals surface area contributed by atoms with E-state index in [4.69, 9.17) is 16.0 Å². The topological polar surface area (TPSA) is 25.2 Å². The standard InChI is InChI=1S/C17H15ClFNO/c1-2-20-17(11-4-3-5-13(18)8-11)16-10-12-9-14(19)6-7-15(12)21-16/h3-10,17,20H,2H2,1H3. The van der Waals surface area contributed by atoms with E-state index in [1.54, 1.807) is 6.07 Å². The summed E-state index contributed by atoms with van der Waals surface area (Å²) in [5.74, 6) is 0.484. The normalized spacial score (nSPS) is 12.7. The van der Waals surface area contributed by atoms with Crippen molar-refractivity contribution in [3.63, 3.8) is 0 Å². The second-order valence-electron chi connectivity index (χ2n) is 4.88. The minimum absolute atomic E-state index is 0.107. The maximum Gasteiger partial charge on any atom is 0.134 e. The van der Waals surface area contributed by atoms with Crippen LogP contribution in [0.15, 0.2) is 52.9 Å². The zero-order chi connectivity index (χ0) is 14.8. The van der Waals surface area contributed by atoms with Crippen molar-refractivity contribution in [1.29, 1.82) is 0 Å². The summed E-state index contributed by atoms with van der Waals surface area (Å²) in [5.41, 5.74) is 1.69. The van der Waals surface area contributed by atoms with Crippen LogP contribution < -0.4 is 5.32 Å². The van der Waals surface area contributed by atoms with Gasteiger partial charge in [-0.05, 0) is 48.5 Å². The van der Waals surface area contributed by atoms with E-state index >= 15 is 0 Å². The van der Waals surface area contributed by atoms with Crippen LogP contribution in [-0.2, 0) is 0 Å². The Labute approximate surface area is 127 Å². The minimum Gasteiger partial charge on any atom is -0.459 e. The van der Waals surface area contributed by atoms with E-state index in [2.05, 4.69) is 5.32 Å². The first kappa shape index (κ1) is 14.1. The molecule has 21 heavy (non-hydrogen) atoms. The molecule has 0 aliphatic carbocycles. The first-order valence-electron chi connectivity index (χ1n) is 6.85. The molecule has 2 aromatic carbocycles. The van der Waals surface area contributed by atoms with Crippen molar-refractivity contribution in [3.05, 3.63) is 70.7 Å². The lowest BCUT2D eigenvalue weighted by Gasteiger charge is -2.16. The van der Waals surface area contributed by atoms with Gasteiger partial charge in [0.25, 0.3) is 0 Å². The fourth-order valence-corrected chi connectivity index (χ4v) is 2.65. The number of furan rings is 1. The van der Waals surface area contributed by atoms with Gasteiger partial charge in [0.2, 0.25) is 0 Å². The van der Waals surface area contributed by atoms with Crippen LogP contribution in [0.2, 0.25) is 5.02 Å². The molecule has 0 saturated heterocycles.